The van der Waals surface area contributed by atoms with Crippen LogP contribution in [-0.2, 0) is 6.54 Å². The van der Waals surface area contributed by atoms with Crippen molar-refractivity contribution in [2.45, 2.75) is 33.2 Å². The highest BCUT2D eigenvalue weighted by atomic mass is 16.2. The van der Waals surface area contributed by atoms with Gasteiger partial charge >= 0.3 is 0 Å². The Balaban J connectivity index is 1.82. The molecule has 0 spiro atoms. The molecule has 1 aromatic carbocycles. The van der Waals surface area contributed by atoms with E-state index in [-0.39, 0.29) is 5.91 Å². The maximum atomic E-state index is 12.9. The molecule has 0 bridgehead atoms. The zero-order valence-corrected chi connectivity index (χ0v) is 14.4. The van der Waals surface area contributed by atoms with Crippen LogP contribution in [-0.4, -0.2) is 40.4 Å². The van der Waals surface area contributed by atoms with Crippen LogP contribution in [0, 0.1) is 6.92 Å². The van der Waals surface area contributed by atoms with E-state index >= 15 is 0 Å². The molecule has 0 aliphatic carbocycles. The first-order chi connectivity index (χ1) is 11.7. The van der Waals surface area contributed by atoms with E-state index < -0.39 is 0 Å². The highest BCUT2D eigenvalue weighted by Crippen LogP contribution is 2.19. The summed E-state index contributed by atoms with van der Waals surface area (Å²) in [6.45, 7) is 7.10. The zero-order valence-electron chi connectivity index (χ0n) is 14.4. The molecule has 1 aliphatic heterocycles. The molecule has 0 N–H and O–H groups in total. The van der Waals surface area contributed by atoms with Crippen LogP contribution >= 0.6 is 0 Å². The monoisotopic (exact) mass is 324 g/mol. The molecular formula is C19H24N4O. The summed E-state index contributed by atoms with van der Waals surface area (Å²) in [6, 6.07) is 11.9. The first-order valence-corrected chi connectivity index (χ1v) is 8.61. The van der Waals surface area contributed by atoms with Crippen LogP contribution in [0.5, 0.6) is 0 Å². The van der Waals surface area contributed by atoms with E-state index in [4.69, 9.17) is 0 Å². The van der Waals surface area contributed by atoms with Gasteiger partial charge < -0.3 is 9.80 Å². The summed E-state index contributed by atoms with van der Waals surface area (Å²) in [5, 5.41) is 0. The fourth-order valence-electron chi connectivity index (χ4n) is 3.06. The fraction of sp³-hybridized carbons (Fsp3) is 0.421. The lowest BCUT2D eigenvalue weighted by atomic mass is 10.2. The van der Waals surface area contributed by atoms with Gasteiger partial charge in [-0.2, -0.15) is 0 Å². The van der Waals surface area contributed by atoms with Crippen LogP contribution in [0.1, 0.15) is 41.6 Å². The van der Waals surface area contributed by atoms with Gasteiger partial charge in [0.25, 0.3) is 5.91 Å². The van der Waals surface area contributed by atoms with E-state index in [1.165, 1.54) is 12.8 Å². The number of aryl methyl sites for hydroxylation is 1. The van der Waals surface area contributed by atoms with E-state index in [1.807, 2.05) is 55.1 Å². The van der Waals surface area contributed by atoms with E-state index in [1.54, 1.807) is 0 Å². The zero-order chi connectivity index (χ0) is 16.9. The molecular weight excluding hydrogens is 300 g/mol. The number of hydrogen-bond donors (Lipinski definition) is 0. The topological polar surface area (TPSA) is 49.3 Å². The van der Waals surface area contributed by atoms with Crippen LogP contribution in [0.15, 0.2) is 36.4 Å². The number of carbonyl (C=O) groups is 1. The van der Waals surface area contributed by atoms with E-state index in [0.29, 0.717) is 24.6 Å². The predicted molar refractivity (Wildman–Crippen MR) is 95.1 cm³/mol. The van der Waals surface area contributed by atoms with Crippen LogP contribution in [0.25, 0.3) is 0 Å². The van der Waals surface area contributed by atoms with Gasteiger partial charge in [0.1, 0.15) is 17.3 Å². The second-order valence-electron chi connectivity index (χ2n) is 6.16. The Hall–Kier alpha value is -2.43. The molecule has 0 saturated carbocycles. The molecule has 1 saturated heterocycles. The van der Waals surface area contributed by atoms with Crippen molar-refractivity contribution in [2.75, 3.05) is 24.5 Å². The van der Waals surface area contributed by atoms with Crippen LogP contribution in [0.3, 0.4) is 0 Å². The molecule has 1 aromatic heterocycles. The predicted octanol–water partition coefficient (Wildman–Crippen LogP) is 3.05. The molecule has 3 rings (SSSR count). The van der Waals surface area contributed by atoms with Gasteiger partial charge in [-0.05, 0) is 32.3 Å². The maximum absolute atomic E-state index is 12.9. The normalized spacial score (nSPS) is 14.0. The van der Waals surface area contributed by atoms with Gasteiger partial charge in [-0.25, -0.2) is 9.97 Å². The molecule has 1 fully saturated rings. The van der Waals surface area contributed by atoms with Crippen molar-refractivity contribution in [3.63, 3.8) is 0 Å². The summed E-state index contributed by atoms with van der Waals surface area (Å²) in [5.41, 5.74) is 1.61. The number of benzene rings is 1. The van der Waals surface area contributed by atoms with Crippen molar-refractivity contribution in [1.82, 2.24) is 14.9 Å². The highest BCUT2D eigenvalue weighted by Gasteiger charge is 2.20. The number of nitrogens with zero attached hydrogens (tertiary/aromatic N) is 4. The Morgan fingerprint density at radius 1 is 1.17 bits per heavy atom. The third-order valence-corrected chi connectivity index (χ3v) is 4.36. The molecule has 5 nitrogen and oxygen atoms in total. The van der Waals surface area contributed by atoms with Gasteiger partial charge in [0.05, 0.1) is 0 Å². The van der Waals surface area contributed by atoms with Crippen LogP contribution < -0.4 is 4.90 Å². The Kier molecular flexibility index (Phi) is 5.08. The molecule has 1 amide bonds. The van der Waals surface area contributed by atoms with Crippen molar-refractivity contribution >= 4 is 11.7 Å². The number of hydrogen-bond acceptors (Lipinski definition) is 4. The minimum Gasteiger partial charge on any atom is -0.356 e. The summed E-state index contributed by atoms with van der Waals surface area (Å²) in [4.78, 5) is 25.9. The van der Waals surface area contributed by atoms with Gasteiger partial charge in [-0.15, -0.1) is 0 Å². The van der Waals surface area contributed by atoms with Crippen molar-refractivity contribution in [3.8, 4) is 0 Å². The van der Waals surface area contributed by atoms with Crippen molar-refractivity contribution in [3.05, 3.63) is 53.5 Å². The molecule has 5 heteroatoms. The molecule has 24 heavy (non-hydrogen) atoms. The lowest BCUT2D eigenvalue weighted by Gasteiger charge is -2.22. The van der Waals surface area contributed by atoms with Gasteiger partial charge in [0.15, 0.2) is 0 Å². The number of aromatic nitrogens is 2. The van der Waals surface area contributed by atoms with Gasteiger partial charge in [-0.3, -0.25) is 4.79 Å². The number of anilines is 1. The first-order valence-electron chi connectivity index (χ1n) is 8.61. The SMILES string of the molecule is CCN(Cc1ccccc1)C(=O)c1cc(N2CCCC2)nc(C)n1. The summed E-state index contributed by atoms with van der Waals surface area (Å²) in [5.74, 6) is 1.49. The average molecular weight is 324 g/mol. The molecule has 1 aliphatic rings. The van der Waals surface area contributed by atoms with Crippen molar-refractivity contribution < 1.29 is 4.79 Å². The molecule has 0 unspecified atom stereocenters. The maximum Gasteiger partial charge on any atom is 0.272 e. The van der Waals surface area contributed by atoms with Crippen LogP contribution in [0.4, 0.5) is 5.82 Å². The molecule has 2 heterocycles. The second kappa shape index (κ2) is 7.43. The third-order valence-electron chi connectivity index (χ3n) is 4.36. The Morgan fingerprint density at radius 2 is 1.88 bits per heavy atom. The summed E-state index contributed by atoms with van der Waals surface area (Å²) in [6.07, 6.45) is 2.36. The molecule has 0 atom stereocenters. The van der Waals surface area contributed by atoms with E-state index in [2.05, 4.69) is 14.9 Å². The summed E-state index contributed by atoms with van der Waals surface area (Å²) in [7, 11) is 0. The van der Waals surface area contributed by atoms with Crippen molar-refractivity contribution in [1.29, 1.82) is 0 Å². The Morgan fingerprint density at radius 3 is 2.54 bits per heavy atom. The van der Waals surface area contributed by atoms with Gasteiger partial charge in [-0.1, -0.05) is 30.3 Å². The second-order valence-corrected chi connectivity index (χ2v) is 6.16. The van der Waals surface area contributed by atoms with Gasteiger partial charge in [0.2, 0.25) is 0 Å². The van der Waals surface area contributed by atoms with Crippen molar-refractivity contribution in [2.24, 2.45) is 0 Å². The van der Waals surface area contributed by atoms with E-state index in [0.717, 1.165) is 24.5 Å². The Bertz CT molecular complexity index is 696. The first kappa shape index (κ1) is 16.4. The summed E-state index contributed by atoms with van der Waals surface area (Å²) < 4.78 is 0. The minimum atomic E-state index is -0.0349. The summed E-state index contributed by atoms with van der Waals surface area (Å²) >= 11 is 0. The fourth-order valence-corrected chi connectivity index (χ4v) is 3.06. The lowest BCUT2D eigenvalue weighted by molar-refractivity contribution is 0.0746. The number of rotatable bonds is 5. The minimum absolute atomic E-state index is 0.0349. The molecule has 2 aromatic rings. The highest BCUT2D eigenvalue weighted by molar-refractivity contribution is 5.93. The number of carbonyl (C=O) groups excluding carboxylic acids is 1. The smallest absolute Gasteiger partial charge is 0.272 e. The standard InChI is InChI=1S/C19H24N4O/c1-3-22(14-16-9-5-4-6-10-16)19(24)17-13-18(21-15(2)20-17)23-11-7-8-12-23/h4-6,9-10,13H,3,7-8,11-12,14H2,1-2H3. The van der Waals surface area contributed by atoms with E-state index in [9.17, 15) is 4.79 Å². The quantitative estimate of drug-likeness (QED) is 0.848. The van der Waals surface area contributed by atoms with Gasteiger partial charge in [0, 0.05) is 32.2 Å². The lowest BCUT2D eigenvalue weighted by Crippen LogP contribution is -2.31. The number of amides is 1. The third kappa shape index (κ3) is 3.72. The molecule has 126 valence electrons. The molecule has 0 radical (unpaired) electrons. The van der Waals surface area contributed by atoms with Crippen LogP contribution in [0.2, 0.25) is 0 Å². The Labute approximate surface area is 143 Å². The average Bonchev–Trinajstić information content (AvgIpc) is 3.14. The largest absolute Gasteiger partial charge is 0.356 e.